The first-order valence-corrected chi connectivity index (χ1v) is 11.9. The molecule has 0 bridgehead atoms. The number of likely N-dealkylation sites (tertiary alicyclic amines) is 1. The Hall–Kier alpha value is -3.94. The summed E-state index contributed by atoms with van der Waals surface area (Å²) in [6.45, 7) is 7.29. The number of allylic oxidation sites excluding steroid dienone is 1. The van der Waals surface area contributed by atoms with Gasteiger partial charge in [0.2, 0.25) is 5.91 Å². The molecule has 182 valence electrons. The second-order valence-corrected chi connectivity index (χ2v) is 8.86. The molecule has 8 nitrogen and oxygen atoms in total. The first kappa shape index (κ1) is 24.2. The van der Waals surface area contributed by atoms with Gasteiger partial charge in [0.1, 0.15) is 6.04 Å². The van der Waals surface area contributed by atoms with Gasteiger partial charge in [0.15, 0.2) is 0 Å². The lowest BCUT2D eigenvalue weighted by Crippen LogP contribution is -2.48. The first-order valence-electron chi connectivity index (χ1n) is 11.9. The molecule has 1 unspecified atom stereocenters. The van der Waals surface area contributed by atoms with E-state index in [1.165, 1.54) is 9.13 Å². The Kier molecular flexibility index (Phi) is 7.29. The van der Waals surface area contributed by atoms with Gasteiger partial charge in [-0.05, 0) is 56.0 Å². The Bertz CT molecular complexity index is 1360. The highest BCUT2D eigenvalue weighted by molar-refractivity contribution is 5.97. The Balaban J connectivity index is 1.51. The summed E-state index contributed by atoms with van der Waals surface area (Å²) in [6.07, 6.45) is 4.71. The zero-order valence-electron chi connectivity index (χ0n) is 19.9. The lowest BCUT2D eigenvalue weighted by atomic mass is 10.1. The van der Waals surface area contributed by atoms with Crippen LogP contribution in [0.2, 0.25) is 0 Å². The molecule has 1 aliphatic rings. The van der Waals surface area contributed by atoms with Crippen LogP contribution in [0.1, 0.15) is 42.1 Å². The fourth-order valence-corrected chi connectivity index (χ4v) is 4.51. The average Bonchev–Trinajstić information content (AvgIpc) is 2.89. The summed E-state index contributed by atoms with van der Waals surface area (Å²) in [5.41, 5.74) is 1.27. The van der Waals surface area contributed by atoms with Crippen LogP contribution in [0.3, 0.4) is 0 Å². The van der Waals surface area contributed by atoms with Crippen molar-refractivity contribution < 1.29 is 9.59 Å². The number of carbonyl (C=O) groups is 2. The molecular formula is C27H30N4O4. The van der Waals surface area contributed by atoms with E-state index in [1.807, 2.05) is 17.0 Å². The molecule has 1 saturated heterocycles. The molecule has 1 atom stereocenters. The number of aromatic nitrogens is 2. The second kappa shape index (κ2) is 10.5. The van der Waals surface area contributed by atoms with Gasteiger partial charge in [0.05, 0.1) is 17.6 Å². The van der Waals surface area contributed by atoms with Crippen molar-refractivity contribution >= 4 is 22.8 Å². The number of amides is 2. The maximum atomic E-state index is 12.9. The van der Waals surface area contributed by atoms with Gasteiger partial charge in [-0.2, -0.15) is 0 Å². The molecule has 4 rings (SSSR count). The minimum Gasteiger partial charge on any atom is -0.341 e. The minimum absolute atomic E-state index is 0.0629. The van der Waals surface area contributed by atoms with E-state index in [0.29, 0.717) is 16.6 Å². The van der Waals surface area contributed by atoms with E-state index in [0.717, 1.165) is 37.9 Å². The van der Waals surface area contributed by atoms with Gasteiger partial charge in [0.25, 0.3) is 5.91 Å². The SMILES string of the molecule is C=CCn1c(=O)c(=O)n(Cc2ccc(C(=O)NC(C)C(=O)N3CCCCC3)cc2)c2ccccc21. The highest BCUT2D eigenvalue weighted by Crippen LogP contribution is 2.14. The van der Waals surface area contributed by atoms with Crippen molar-refractivity contribution in [3.63, 3.8) is 0 Å². The predicted molar refractivity (Wildman–Crippen MR) is 136 cm³/mol. The van der Waals surface area contributed by atoms with E-state index < -0.39 is 17.2 Å². The Morgan fingerprint density at radius 1 is 0.943 bits per heavy atom. The number of hydrogen-bond donors (Lipinski definition) is 1. The molecule has 35 heavy (non-hydrogen) atoms. The zero-order chi connectivity index (χ0) is 24.9. The third-order valence-electron chi connectivity index (χ3n) is 6.39. The summed E-state index contributed by atoms with van der Waals surface area (Å²) in [6, 6.07) is 13.5. The van der Waals surface area contributed by atoms with Gasteiger partial charge in [-0.3, -0.25) is 28.3 Å². The van der Waals surface area contributed by atoms with Crippen LogP contribution < -0.4 is 16.4 Å². The molecule has 2 aromatic carbocycles. The fourth-order valence-electron chi connectivity index (χ4n) is 4.51. The van der Waals surface area contributed by atoms with Gasteiger partial charge in [0, 0.05) is 25.2 Å². The number of carbonyl (C=O) groups excluding carboxylic acids is 2. The summed E-state index contributed by atoms with van der Waals surface area (Å²) < 4.78 is 2.87. The highest BCUT2D eigenvalue weighted by Gasteiger charge is 2.23. The third-order valence-corrected chi connectivity index (χ3v) is 6.39. The number of benzene rings is 2. The van der Waals surface area contributed by atoms with Crippen molar-refractivity contribution in [1.82, 2.24) is 19.4 Å². The van der Waals surface area contributed by atoms with E-state index in [2.05, 4.69) is 11.9 Å². The smallest absolute Gasteiger partial charge is 0.317 e. The molecule has 0 radical (unpaired) electrons. The fraction of sp³-hybridized carbons (Fsp3) is 0.333. The Labute approximate surface area is 203 Å². The number of nitrogens with one attached hydrogen (secondary N) is 1. The van der Waals surface area contributed by atoms with E-state index in [4.69, 9.17) is 0 Å². The summed E-state index contributed by atoms with van der Waals surface area (Å²) in [7, 11) is 0. The highest BCUT2D eigenvalue weighted by atomic mass is 16.2. The van der Waals surface area contributed by atoms with Gasteiger partial charge in [-0.25, -0.2) is 0 Å². The third kappa shape index (κ3) is 5.11. The van der Waals surface area contributed by atoms with E-state index >= 15 is 0 Å². The molecule has 1 fully saturated rings. The van der Waals surface area contributed by atoms with Crippen molar-refractivity contribution in [3.05, 3.63) is 93.0 Å². The molecule has 8 heteroatoms. The van der Waals surface area contributed by atoms with Crippen LogP contribution in [0.4, 0.5) is 0 Å². The maximum absolute atomic E-state index is 12.9. The van der Waals surface area contributed by atoms with Gasteiger partial charge in [-0.15, -0.1) is 6.58 Å². The van der Waals surface area contributed by atoms with E-state index in [1.54, 1.807) is 49.4 Å². The van der Waals surface area contributed by atoms with Crippen LogP contribution in [0, 0.1) is 0 Å². The standard InChI is InChI=1S/C27H30N4O4/c1-3-15-30-22-9-5-6-10-23(22)31(27(35)26(30)34)18-20-11-13-21(14-12-20)24(32)28-19(2)25(33)29-16-7-4-8-17-29/h3,5-6,9-14,19H,1,4,7-8,15-18H2,2H3,(H,28,32). The molecule has 0 saturated carbocycles. The van der Waals surface area contributed by atoms with Crippen molar-refractivity contribution in [2.75, 3.05) is 13.1 Å². The van der Waals surface area contributed by atoms with E-state index in [9.17, 15) is 19.2 Å². The second-order valence-electron chi connectivity index (χ2n) is 8.86. The van der Waals surface area contributed by atoms with Crippen LogP contribution >= 0.6 is 0 Å². The number of fused-ring (bicyclic) bond motifs is 1. The summed E-state index contributed by atoms with van der Waals surface area (Å²) in [5, 5.41) is 2.78. The summed E-state index contributed by atoms with van der Waals surface area (Å²) in [4.78, 5) is 52.7. The average molecular weight is 475 g/mol. The summed E-state index contributed by atoms with van der Waals surface area (Å²) >= 11 is 0. The quantitative estimate of drug-likeness (QED) is 0.421. The van der Waals surface area contributed by atoms with Crippen LogP contribution in [-0.2, 0) is 17.9 Å². The molecule has 2 heterocycles. The number of rotatable bonds is 7. The minimum atomic E-state index is -0.614. The van der Waals surface area contributed by atoms with Crippen molar-refractivity contribution in [2.45, 2.75) is 45.3 Å². The van der Waals surface area contributed by atoms with Gasteiger partial charge >= 0.3 is 11.1 Å². The molecular weight excluding hydrogens is 444 g/mol. The summed E-state index contributed by atoms with van der Waals surface area (Å²) in [5.74, 6) is -0.392. The lowest BCUT2D eigenvalue weighted by Gasteiger charge is -2.29. The number of para-hydroxylation sites is 2. The predicted octanol–water partition coefficient (Wildman–Crippen LogP) is 2.53. The maximum Gasteiger partial charge on any atom is 0.317 e. The van der Waals surface area contributed by atoms with Crippen molar-refractivity contribution in [2.24, 2.45) is 0 Å². The molecule has 0 aliphatic carbocycles. The monoisotopic (exact) mass is 474 g/mol. The molecule has 1 N–H and O–H groups in total. The van der Waals surface area contributed by atoms with Crippen molar-refractivity contribution in [3.8, 4) is 0 Å². The molecule has 2 amide bonds. The lowest BCUT2D eigenvalue weighted by molar-refractivity contribution is -0.133. The van der Waals surface area contributed by atoms with Crippen LogP contribution in [0.25, 0.3) is 11.0 Å². The van der Waals surface area contributed by atoms with Gasteiger partial charge in [-0.1, -0.05) is 30.3 Å². The van der Waals surface area contributed by atoms with Crippen molar-refractivity contribution in [1.29, 1.82) is 0 Å². The number of hydrogen-bond acceptors (Lipinski definition) is 4. The normalized spacial score (nSPS) is 14.5. The van der Waals surface area contributed by atoms with E-state index in [-0.39, 0.29) is 24.9 Å². The Morgan fingerprint density at radius 3 is 2.17 bits per heavy atom. The molecule has 3 aromatic rings. The first-order chi connectivity index (χ1) is 16.9. The topological polar surface area (TPSA) is 93.4 Å². The largest absolute Gasteiger partial charge is 0.341 e. The molecule has 1 aliphatic heterocycles. The molecule has 1 aromatic heterocycles. The van der Waals surface area contributed by atoms with Crippen LogP contribution in [0.5, 0.6) is 0 Å². The Morgan fingerprint density at radius 2 is 1.54 bits per heavy atom. The number of nitrogens with zero attached hydrogens (tertiary/aromatic N) is 3. The van der Waals surface area contributed by atoms with Gasteiger partial charge < -0.3 is 10.2 Å². The van der Waals surface area contributed by atoms with Crippen LogP contribution in [-0.4, -0.2) is 45.0 Å². The number of piperidine rings is 1. The van der Waals surface area contributed by atoms with Crippen LogP contribution in [0.15, 0.2) is 70.8 Å². The molecule has 0 spiro atoms. The zero-order valence-corrected chi connectivity index (χ0v) is 19.9.